The van der Waals surface area contributed by atoms with E-state index in [9.17, 15) is 9.59 Å². The molecule has 2 rings (SSSR count). The minimum absolute atomic E-state index is 0.192. The van der Waals surface area contributed by atoms with E-state index in [1.807, 2.05) is 19.9 Å². The fourth-order valence-electron chi connectivity index (χ4n) is 2.99. The van der Waals surface area contributed by atoms with Gasteiger partial charge in [-0.3, -0.25) is 9.59 Å². The van der Waals surface area contributed by atoms with E-state index in [4.69, 9.17) is 19.3 Å². The molecule has 35 heavy (non-hydrogen) atoms. The first kappa shape index (κ1) is 31.8. The second-order valence-electron chi connectivity index (χ2n) is 7.82. The molecular formula is C29H40O6. The standard InChI is InChI=1S/C22H28O5.C4H6O.C3H6/c1-16-13-20(15-25-3)22(21(14-16)27-12-11-26-17(2)24)19-8-6-18(7-9-19)5-4-10-23;1-4(2)3-5;1-3-2/h6-9,13-14,23H,4-5,10-12,15H2,1-3H3;3H,1H2,2H3;3H,1H2,2H3. The van der Waals surface area contributed by atoms with Gasteiger partial charge < -0.3 is 19.3 Å². The minimum atomic E-state index is -0.318. The van der Waals surface area contributed by atoms with Crippen molar-refractivity contribution < 1.29 is 28.9 Å². The monoisotopic (exact) mass is 484 g/mol. The highest BCUT2D eigenvalue weighted by molar-refractivity contribution is 5.75. The van der Waals surface area contributed by atoms with Crippen LogP contribution in [0.2, 0.25) is 0 Å². The second kappa shape index (κ2) is 19.1. The minimum Gasteiger partial charge on any atom is -0.489 e. The van der Waals surface area contributed by atoms with Gasteiger partial charge >= 0.3 is 5.97 Å². The Balaban J connectivity index is 0.00000126. The molecule has 1 N–H and O–H groups in total. The fraction of sp³-hybridized carbons (Fsp3) is 0.379. The van der Waals surface area contributed by atoms with Gasteiger partial charge in [-0.15, -0.1) is 6.58 Å². The van der Waals surface area contributed by atoms with Crippen molar-refractivity contribution in [2.24, 2.45) is 0 Å². The van der Waals surface area contributed by atoms with Gasteiger partial charge in [-0.25, -0.2) is 0 Å². The number of rotatable bonds is 11. The Hall–Kier alpha value is -3.22. The number of allylic oxidation sites excluding steroid dienone is 2. The third kappa shape index (κ3) is 13.9. The topological polar surface area (TPSA) is 82.1 Å². The van der Waals surface area contributed by atoms with E-state index >= 15 is 0 Å². The number of carbonyl (C=O) groups excluding carboxylic acids is 2. The van der Waals surface area contributed by atoms with Crippen molar-refractivity contribution in [1.29, 1.82) is 0 Å². The van der Waals surface area contributed by atoms with Crippen LogP contribution in [0.4, 0.5) is 0 Å². The molecule has 0 spiro atoms. The van der Waals surface area contributed by atoms with Gasteiger partial charge in [0.05, 0.1) is 6.61 Å². The zero-order valence-electron chi connectivity index (χ0n) is 21.8. The lowest BCUT2D eigenvalue weighted by molar-refractivity contribution is -0.141. The van der Waals surface area contributed by atoms with Crippen LogP contribution in [0.3, 0.4) is 0 Å². The Morgan fingerprint density at radius 3 is 2.20 bits per heavy atom. The van der Waals surface area contributed by atoms with Crippen LogP contribution in [0.5, 0.6) is 5.75 Å². The summed E-state index contributed by atoms with van der Waals surface area (Å²) in [5.74, 6) is 0.430. The fourth-order valence-corrected chi connectivity index (χ4v) is 2.99. The normalized spacial score (nSPS) is 9.54. The van der Waals surface area contributed by atoms with Crippen molar-refractivity contribution >= 4 is 12.3 Å². The van der Waals surface area contributed by atoms with Crippen molar-refractivity contribution in [3.05, 3.63) is 77.9 Å². The lowest BCUT2D eigenvalue weighted by Crippen LogP contribution is -2.10. The van der Waals surface area contributed by atoms with Crippen molar-refractivity contribution in [2.45, 2.75) is 47.1 Å². The third-order valence-electron chi connectivity index (χ3n) is 4.34. The smallest absolute Gasteiger partial charge is 0.302 e. The molecule has 0 bridgehead atoms. The van der Waals surface area contributed by atoms with Gasteiger partial charge in [0.15, 0.2) is 0 Å². The summed E-state index contributed by atoms with van der Waals surface area (Å²) in [4.78, 5) is 20.3. The van der Waals surface area contributed by atoms with Crippen LogP contribution < -0.4 is 4.74 Å². The molecule has 2 aromatic rings. The van der Waals surface area contributed by atoms with Gasteiger partial charge in [0.2, 0.25) is 0 Å². The summed E-state index contributed by atoms with van der Waals surface area (Å²) in [5, 5.41) is 8.99. The predicted molar refractivity (Wildman–Crippen MR) is 142 cm³/mol. The van der Waals surface area contributed by atoms with Gasteiger partial charge in [0.25, 0.3) is 0 Å². The van der Waals surface area contributed by atoms with Crippen LogP contribution >= 0.6 is 0 Å². The van der Waals surface area contributed by atoms with E-state index in [1.165, 1.54) is 12.5 Å². The Bertz CT molecular complexity index is 916. The molecule has 6 nitrogen and oxygen atoms in total. The number of methoxy groups -OCH3 is 1. The molecular weight excluding hydrogens is 444 g/mol. The van der Waals surface area contributed by atoms with E-state index in [0.29, 0.717) is 12.2 Å². The number of aldehydes is 1. The Kier molecular flexibility index (Phi) is 17.4. The largest absolute Gasteiger partial charge is 0.489 e. The summed E-state index contributed by atoms with van der Waals surface area (Å²) in [6.07, 6.45) is 4.07. The molecule has 0 aliphatic carbocycles. The number of esters is 1. The average molecular weight is 485 g/mol. The van der Waals surface area contributed by atoms with Gasteiger partial charge in [-0.05, 0) is 67.5 Å². The number of aliphatic hydroxyl groups is 1. The molecule has 0 aromatic heterocycles. The second-order valence-corrected chi connectivity index (χ2v) is 7.82. The lowest BCUT2D eigenvalue weighted by atomic mass is 9.95. The zero-order valence-corrected chi connectivity index (χ0v) is 21.8. The lowest BCUT2D eigenvalue weighted by Gasteiger charge is -2.17. The molecule has 0 saturated heterocycles. The Morgan fingerprint density at radius 2 is 1.71 bits per heavy atom. The molecule has 6 heteroatoms. The summed E-state index contributed by atoms with van der Waals surface area (Å²) in [7, 11) is 1.67. The number of hydrogen-bond donors (Lipinski definition) is 1. The molecule has 0 radical (unpaired) electrons. The highest BCUT2D eigenvalue weighted by Gasteiger charge is 2.14. The van der Waals surface area contributed by atoms with E-state index in [0.717, 1.165) is 47.1 Å². The summed E-state index contributed by atoms with van der Waals surface area (Å²) >= 11 is 0. The Morgan fingerprint density at radius 1 is 1.11 bits per heavy atom. The van der Waals surface area contributed by atoms with E-state index in [1.54, 1.807) is 20.1 Å². The van der Waals surface area contributed by atoms with Crippen molar-refractivity contribution in [3.8, 4) is 16.9 Å². The quantitative estimate of drug-likeness (QED) is 0.146. The van der Waals surface area contributed by atoms with Crippen molar-refractivity contribution in [2.75, 3.05) is 26.9 Å². The average Bonchev–Trinajstić information content (AvgIpc) is 2.82. The molecule has 0 saturated carbocycles. The summed E-state index contributed by atoms with van der Waals surface area (Å²) < 4.78 is 16.3. The third-order valence-corrected chi connectivity index (χ3v) is 4.34. The molecule has 0 aliphatic heterocycles. The first-order valence-corrected chi connectivity index (χ1v) is 11.5. The first-order valence-electron chi connectivity index (χ1n) is 11.5. The molecule has 2 aromatic carbocycles. The predicted octanol–water partition coefficient (Wildman–Crippen LogP) is 5.63. The molecule has 0 aliphatic rings. The molecule has 0 unspecified atom stereocenters. The van der Waals surface area contributed by atoms with Gasteiger partial charge in [0, 0.05) is 26.2 Å². The van der Waals surface area contributed by atoms with Crippen LogP contribution in [0.25, 0.3) is 11.1 Å². The van der Waals surface area contributed by atoms with Crippen LogP contribution in [-0.4, -0.2) is 44.3 Å². The molecule has 192 valence electrons. The number of carbonyl (C=O) groups is 2. The number of ether oxygens (including phenoxy) is 3. The number of benzene rings is 2. The summed E-state index contributed by atoms with van der Waals surface area (Å²) in [6.45, 7) is 14.8. The van der Waals surface area contributed by atoms with E-state index in [-0.39, 0.29) is 25.8 Å². The van der Waals surface area contributed by atoms with Gasteiger partial charge in [0.1, 0.15) is 25.2 Å². The maximum absolute atomic E-state index is 10.9. The number of aryl methyl sites for hydroxylation is 2. The summed E-state index contributed by atoms with van der Waals surface area (Å²) in [5.41, 5.74) is 5.91. The highest BCUT2D eigenvalue weighted by atomic mass is 16.6. The van der Waals surface area contributed by atoms with Crippen LogP contribution in [0, 0.1) is 6.92 Å². The molecule has 0 fully saturated rings. The van der Waals surface area contributed by atoms with Crippen molar-refractivity contribution in [3.63, 3.8) is 0 Å². The highest BCUT2D eigenvalue weighted by Crippen LogP contribution is 2.35. The molecule has 0 heterocycles. The number of hydrogen-bond acceptors (Lipinski definition) is 6. The molecule has 0 atom stereocenters. The molecule has 0 amide bonds. The Labute approximate surface area is 210 Å². The van der Waals surface area contributed by atoms with Gasteiger partial charge in [-0.2, -0.15) is 0 Å². The summed E-state index contributed by atoms with van der Waals surface area (Å²) in [6, 6.07) is 12.4. The van der Waals surface area contributed by atoms with E-state index in [2.05, 4.69) is 43.5 Å². The maximum atomic E-state index is 10.9. The number of aliphatic hydroxyl groups excluding tert-OH is 1. The van der Waals surface area contributed by atoms with Crippen LogP contribution in [0.1, 0.15) is 43.9 Å². The first-order chi connectivity index (χ1) is 16.7. The maximum Gasteiger partial charge on any atom is 0.302 e. The van der Waals surface area contributed by atoms with Gasteiger partial charge in [-0.1, -0.05) is 43.0 Å². The van der Waals surface area contributed by atoms with Crippen molar-refractivity contribution in [1.82, 2.24) is 0 Å². The zero-order chi connectivity index (χ0) is 26.6. The van der Waals surface area contributed by atoms with Crippen LogP contribution in [0.15, 0.2) is 61.2 Å². The SMILES string of the molecule is C=C(C)C=O.C=CC.COCc1cc(C)cc(OCCOC(C)=O)c1-c1ccc(CCCO)cc1. The van der Waals surface area contributed by atoms with E-state index < -0.39 is 0 Å². The van der Waals surface area contributed by atoms with Crippen LogP contribution in [-0.2, 0) is 32.1 Å².